The predicted molar refractivity (Wildman–Crippen MR) is 63.2 cm³/mol. The summed E-state index contributed by atoms with van der Waals surface area (Å²) < 4.78 is 0. The highest BCUT2D eigenvalue weighted by molar-refractivity contribution is 5.81. The quantitative estimate of drug-likeness (QED) is 0.717. The molecule has 1 rings (SSSR count). The van der Waals surface area contributed by atoms with Crippen LogP contribution in [0.4, 0.5) is 0 Å². The maximum Gasteiger partial charge on any atom is 0.236 e. The maximum absolute atomic E-state index is 11.3. The van der Waals surface area contributed by atoms with Crippen LogP contribution in [0.2, 0.25) is 0 Å². The number of aromatic hydroxyl groups is 1. The van der Waals surface area contributed by atoms with E-state index >= 15 is 0 Å². The van der Waals surface area contributed by atoms with Gasteiger partial charge in [0.25, 0.3) is 0 Å². The molecular weight excluding hydrogens is 204 g/mol. The van der Waals surface area contributed by atoms with Crippen molar-refractivity contribution in [2.45, 2.75) is 25.9 Å². The number of likely N-dealkylation sites (N-methyl/N-ethyl adjacent to an activating group) is 1. The third kappa shape index (κ3) is 2.97. The number of carbonyl (C=O) groups is 1. The molecule has 1 aromatic rings. The lowest BCUT2D eigenvalue weighted by Gasteiger charge is -2.19. The molecule has 0 heterocycles. The third-order valence-corrected chi connectivity index (χ3v) is 2.54. The van der Waals surface area contributed by atoms with Crippen molar-refractivity contribution < 1.29 is 9.90 Å². The molecule has 4 nitrogen and oxygen atoms in total. The monoisotopic (exact) mass is 222 g/mol. The SMILES string of the molecule is CNC(=O)[C@@H](C)NC(C)c1ccccc1O. The fourth-order valence-corrected chi connectivity index (χ4v) is 1.61. The molecule has 3 N–H and O–H groups in total. The molecule has 0 aromatic heterocycles. The lowest BCUT2D eigenvalue weighted by molar-refractivity contribution is -0.122. The van der Waals surface area contributed by atoms with E-state index in [0.29, 0.717) is 0 Å². The zero-order chi connectivity index (χ0) is 12.1. The normalized spacial score (nSPS) is 14.2. The molecule has 16 heavy (non-hydrogen) atoms. The first-order chi connectivity index (χ1) is 7.56. The van der Waals surface area contributed by atoms with Crippen LogP contribution in [0.25, 0.3) is 0 Å². The van der Waals surface area contributed by atoms with Crippen molar-refractivity contribution in [3.8, 4) is 5.75 Å². The Kier molecular flexibility index (Phi) is 4.31. The van der Waals surface area contributed by atoms with Crippen LogP contribution in [0, 0.1) is 0 Å². The van der Waals surface area contributed by atoms with Gasteiger partial charge in [-0.1, -0.05) is 18.2 Å². The van der Waals surface area contributed by atoms with Crippen LogP contribution in [0.15, 0.2) is 24.3 Å². The molecule has 0 aliphatic carbocycles. The van der Waals surface area contributed by atoms with Crippen molar-refractivity contribution in [2.75, 3.05) is 7.05 Å². The van der Waals surface area contributed by atoms with Crippen molar-refractivity contribution in [2.24, 2.45) is 0 Å². The van der Waals surface area contributed by atoms with Crippen LogP contribution in [-0.2, 0) is 4.79 Å². The fourth-order valence-electron chi connectivity index (χ4n) is 1.61. The van der Waals surface area contributed by atoms with Gasteiger partial charge in [-0.05, 0) is 19.9 Å². The second kappa shape index (κ2) is 5.51. The highest BCUT2D eigenvalue weighted by Gasteiger charge is 2.16. The van der Waals surface area contributed by atoms with E-state index in [2.05, 4.69) is 10.6 Å². The number of hydrogen-bond acceptors (Lipinski definition) is 3. The summed E-state index contributed by atoms with van der Waals surface area (Å²) in [6.45, 7) is 3.70. The van der Waals surface area contributed by atoms with Crippen molar-refractivity contribution in [3.05, 3.63) is 29.8 Å². The number of amides is 1. The molecule has 0 saturated heterocycles. The second-order valence-electron chi connectivity index (χ2n) is 3.78. The predicted octanol–water partition coefficient (Wildman–Crippen LogP) is 1.18. The Morgan fingerprint density at radius 2 is 1.94 bits per heavy atom. The largest absolute Gasteiger partial charge is 0.508 e. The minimum Gasteiger partial charge on any atom is -0.508 e. The third-order valence-electron chi connectivity index (χ3n) is 2.54. The molecule has 1 aromatic carbocycles. The molecule has 88 valence electrons. The second-order valence-corrected chi connectivity index (χ2v) is 3.78. The first-order valence-corrected chi connectivity index (χ1v) is 5.31. The van der Waals surface area contributed by atoms with Crippen LogP contribution in [0.5, 0.6) is 5.75 Å². The van der Waals surface area contributed by atoms with Gasteiger partial charge in [-0.15, -0.1) is 0 Å². The van der Waals surface area contributed by atoms with Crippen LogP contribution in [0.3, 0.4) is 0 Å². The zero-order valence-corrected chi connectivity index (χ0v) is 9.82. The lowest BCUT2D eigenvalue weighted by atomic mass is 10.1. The van der Waals surface area contributed by atoms with E-state index in [4.69, 9.17) is 0 Å². The Balaban J connectivity index is 2.69. The van der Waals surface area contributed by atoms with E-state index in [1.54, 1.807) is 26.1 Å². The van der Waals surface area contributed by atoms with Crippen molar-refractivity contribution in [3.63, 3.8) is 0 Å². The number of phenolic OH excluding ortho intramolecular Hbond substituents is 1. The van der Waals surface area contributed by atoms with Gasteiger partial charge in [-0.3, -0.25) is 10.1 Å². The molecule has 4 heteroatoms. The van der Waals surface area contributed by atoms with Gasteiger partial charge >= 0.3 is 0 Å². The zero-order valence-electron chi connectivity index (χ0n) is 9.82. The number of para-hydroxylation sites is 1. The maximum atomic E-state index is 11.3. The van der Waals surface area contributed by atoms with Crippen molar-refractivity contribution in [1.82, 2.24) is 10.6 Å². The van der Waals surface area contributed by atoms with Gasteiger partial charge in [0, 0.05) is 18.7 Å². The molecular formula is C12H18N2O2. The number of rotatable bonds is 4. The summed E-state index contributed by atoms with van der Waals surface area (Å²) in [7, 11) is 1.60. The van der Waals surface area contributed by atoms with Crippen molar-refractivity contribution in [1.29, 1.82) is 0 Å². The van der Waals surface area contributed by atoms with Gasteiger partial charge in [-0.25, -0.2) is 0 Å². The van der Waals surface area contributed by atoms with Crippen LogP contribution in [0.1, 0.15) is 25.5 Å². The summed E-state index contributed by atoms with van der Waals surface area (Å²) in [5.74, 6) is 0.175. The van der Waals surface area contributed by atoms with E-state index in [1.165, 1.54) is 0 Å². The van der Waals surface area contributed by atoms with Crippen molar-refractivity contribution >= 4 is 5.91 Å². The molecule has 0 saturated carbocycles. The molecule has 2 atom stereocenters. The molecule has 0 fully saturated rings. The number of carbonyl (C=O) groups excluding carboxylic acids is 1. The molecule has 0 spiro atoms. The van der Waals surface area contributed by atoms with Gasteiger partial charge in [-0.2, -0.15) is 0 Å². The molecule has 0 aliphatic heterocycles. The Morgan fingerprint density at radius 3 is 2.50 bits per heavy atom. The highest BCUT2D eigenvalue weighted by atomic mass is 16.3. The Morgan fingerprint density at radius 1 is 1.31 bits per heavy atom. The van der Waals surface area contributed by atoms with Crippen LogP contribution < -0.4 is 10.6 Å². The summed E-state index contributed by atoms with van der Waals surface area (Å²) in [5.41, 5.74) is 0.790. The number of benzene rings is 1. The number of hydrogen-bond donors (Lipinski definition) is 3. The average molecular weight is 222 g/mol. The van der Waals surface area contributed by atoms with E-state index < -0.39 is 0 Å². The smallest absolute Gasteiger partial charge is 0.236 e. The van der Waals surface area contributed by atoms with E-state index in [-0.39, 0.29) is 23.7 Å². The van der Waals surface area contributed by atoms with Gasteiger partial charge in [0.1, 0.15) is 5.75 Å². The Hall–Kier alpha value is -1.55. The van der Waals surface area contributed by atoms with Gasteiger partial charge in [0.2, 0.25) is 5.91 Å². The van der Waals surface area contributed by atoms with E-state index in [9.17, 15) is 9.90 Å². The summed E-state index contributed by atoms with van der Waals surface area (Å²) >= 11 is 0. The standard InChI is InChI=1S/C12H18N2O2/c1-8(14-9(2)12(16)13-3)10-6-4-5-7-11(10)15/h4-9,14-15H,1-3H3,(H,13,16)/t8?,9-/m1/s1. The van der Waals surface area contributed by atoms with Gasteiger partial charge < -0.3 is 10.4 Å². The van der Waals surface area contributed by atoms with E-state index in [0.717, 1.165) is 5.56 Å². The lowest BCUT2D eigenvalue weighted by Crippen LogP contribution is -2.41. The Labute approximate surface area is 95.7 Å². The molecule has 1 unspecified atom stereocenters. The average Bonchev–Trinajstić information content (AvgIpc) is 2.28. The molecule has 0 radical (unpaired) electrons. The fraction of sp³-hybridized carbons (Fsp3) is 0.417. The summed E-state index contributed by atoms with van der Waals surface area (Å²) in [4.78, 5) is 11.3. The van der Waals surface area contributed by atoms with Crippen LogP contribution >= 0.6 is 0 Å². The number of phenols is 1. The molecule has 0 bridgehead atoms. The first-order valence-electron chi connectivity index (χ1n) is 5.31. The van der Waals surface area contributed by atoms with Crippen LogP contribution in [-0.4, -0.2) is 24.1 Å². The topological polar surface area (TPSA) is 61.4 Å². The molecule has 0 aliphatic rings. The van der Waals surface area contributed by atoms with Gasteiger partial charge in [0.15, 0.2) is 0 Å². The summed E-state index contributed by atoms with van der Waals surface area (Å²) in [6, 6.07) is 6.74. The van der Waals surface area contributed by atoms with Gasteiger partial charge in [0.05, 0.1) is 6.04 Å². The summed E-state index contributed by atoms with van der Waals surface area (Å²) in [6.07, 6.45) is 0. The number of nitrogens with one attached hydrogen (secondary N) is 2. The minimum atomic E-state index is -0.292. The first kappa shape index (κ1) is 12.5. The van der Waals surface area contributed by atoms with E-state index in [1.807, 2.05) is 19.1 Å². The minimum absolute atomic E-state index is 0.0673. The Bertz CT molecular complexity index is 366. The molecule has 1 amide bonds. The highest BCUT2D eigenvalue weighted by Crippen LogP contribution is 2.23. The summed E-state index contributed by atoms with van der Waals surface area (Å²) in [5, 5.41) is 15.3.